The molecule has 1 aromatic heterocycles. The van der Waals surface area contributed by atoms with Crippen molar-refractivity contribution in [3.8, 4) is 0 Å². The zero-order valence-electron chi connectivity index (χ0n) is 5.76. The first-order valence-corrected chi connectivity index (χ1v) is 3.37. The number of rotatable bonds is 1. The molecule has 0 aliphatic rings. The second kappa shape index (κ2) is 2.84. The summed E-state index contributed by atoms with van der Waals surface area (Å²) in [7, 11) is 0. The Bertz CT molecular complexity index is 255. The molecule has 1 rings (SSSR count). The molecule has 1 heterocycles. The molecular weight excluding hydrogens is 146 g/mol. The Kier molecular flexibility index (Phi) is 2.07. The Labute approximate surface area is 65.4 Å². The second-order valence-corrected chi connectivity index (χ2v) is 2.38. The van der Waals surface area contributed by atoms with E-state index in [-0.39, 0.29) is 0 Å². The van der Waals surface area contributed by atoms with E-state index in [0.29, 0.717) is 5.02 Å². The van der Waals surface area contributed by atoms with Crippen LogP contribution in [0.15, 0.2) is 18.8 Å². The summed E-state index contributed by atoms with van der Waals surface area (Å²) >= 11 is 5.86. The lowest BCUT2D eigenvalue weighted by Gasteiger charge is -1.98. The highest BCUT2D eigenvalue weighted by Crippen LogP contribution is 2.18. The van der Waals surface area contributed by atoms with Gasteiger partial charge in [0.25, 0.3) is 0 Å². The zero-order chi connectivity index (χ0) is 7.56. The highest BCUT2D eigenvalue weighted by Gasteiger charge is 1.97. The summed E-state index contributed by atoms with van der Waals surface area (Å²) in [4.78, 5) is 4.01. The van der Waals surface area contributed by atoms with Crippen molar-refractivity contribution < 1.29 is 0 Å². The molecule has 0 spiro atoms. The van der Waals surface area contributed by atoms with Crippen molar-refractivity contribution in [1.82, 2.24) is 4.98 Å². The van der Waals surface area contributed by atoms with Crippen molar-refractivity contribution in [3.05, 3.63) is 35.1 Å². The summed E-state index contributed by atoms with van der Waals surface area (Å²) in [6.07, 6.45) is 3.44. The molecule has 0 radical (unpaired) electrons. The van der Waals surface area contributed by atoms with Crippen LogP contribution in [0.3, 0.4) is 0 Å². The van der Waals surface area contributed by atoms with Crippen LogP contribution in [-0.2, 0) is 0 Å². The first-order valence-electron chi connectivity index (χ1n) is 2.99. The number of hydrogen-bond donors (Lipinski definition) is 0. The van der Waals surface area contributed by atoms with Gasteiger partial charge in [-0.05, 0) is 18.6 Å². The first-order chi connectivity index (χ1) is 4.75. The summed E-state index contributed by atoms with van der Waals surface area (Å²) in [6, 6.07) is 1.84. The smallest absolute Gasteiger partial charge is 0.0690 e. The fourth-order valence-corrected chi connectivity index (χ4v) is 0.915. The molecule has 0 fully saturated rings. The molecule has 0 atom stereocenters. The third-order valence-electron chi connectivity index (χ3n) is 1.31. The van der Waals surface area contributed by atoms with Gasteiger partial charge in [-0.25, -0.2) is 0 Å². The molecule has 1 nitrogen and oxygen atoms in total. The number of aromatic nitrogens is 1. The van der Waals surface area contributed by atoms with Crippen LogP contribution >= 0.6 is 11.6 Å². The van der Waals surface area contributed by atoms with Gasteiger partial charge in [0, 0.05) is 6.20 Å². The molecule has 0 aliphatic heterocycles. The Morgan fingerprint density at radius 1 is 1.70 bits per heavy atom. The topological polar surface area (TPSA) is 12.9 Å². The van der Waals surface area contributed by atoms with E-state index in [9.17, 15) is 0 Å². The lowest BCUT2D eigenvalue weighted by atomic mass is 10.2. The van der Waals surface area contributed by atoms with Crippen LogP contribution in [0.4, 0.5) is 0 Å². The highest BCUT2D eigenvalue weighted by atomic mass is 35.5. The maximum absolute atomic E-state index is 5.86. The summed E-state index contributed by atoms with van der Waals surface area (Å²) in [5.41, 5.74) is 1.79. The van der Waals surface area contributed by atoms with E-state index in [1.165, 1.54) is 0 Å². The predicted molar refractivity (Wildman–Crippen MR) is 44.1 cm³/mol. The van der Waals surface area contributed by atoms with E-state index in [0.717, 1.165) is 11.3 Å². The van der Waals surface area contributed by atoms with Crippen LogP contribution in [0, 0.1) is 6.92 Å². The lowest BCUT2D eigenvalue weighted by Crippen LogP contribution is -1.83. The maximum Gasteiger partial charge on any atom is 0.0690 e. The van der Waals surface area contributed by atoms with Gasteiger partial charge in [0.2, 0.25) is 0 Å². The average molecular weight is 154 g/mol. The monoisotopic (exact) mass is 153 g/mol. The number of hydrogen-bond acceptors (Lipinski definition) is 1. The molecule has 0 aliphatic carbocycles. The van der Waals surface area contributed by atoms with Crippen LogP contribution in [0.2, 0.25) is 5.02 Å². The minimum Gasteiger partial charge on any atom is -0.260 e. The molecule has 0 N–H and O–H groups in total. The summed E-state index contributed by atoms with van der Waals surface area (Å²) < 4.78 is 0. The average Bonchev–Trinajstić information content (AvgIpc) is 1.95. The number of aryl methyl sites for hydroxylation is 1. The molecule has 0 saturated carbocycles. The first kappa shape index (κ1) is 7.29. The number of nitrogens with zero attached hydrogens (tertiary/aromatic N) is 1. The van der Waals surface area contributed by atoms with Gasteiger partial charge in [-0.3, -0.25) is 4.98 Å². The van der Waals surface area contributed by atoms with E-state index in [1.807, 2.05) is 13.0 Å². The molecule has 0 aromatic carbocycles. The van der Waals surface area contributed by atoms with Gasteiger partial charge in [-0.1, -0.05) is 24.3 Å². The third kappa shape index (κ3) is 1.19. The van der Waals surface area contributed by atoms with E-state index >= 15 is 0 Å². The van der Waals surface area contributed by atoms with Gasteiger partial charge in [0.15, 0.2) is 0 Å². The van der Waals surface area contributed by atoms with Crippen molar-refractivity contribution in [2.45, 2.75) is 6.92 Å². The molecule has 0 amide bonds. The molecule has 52 valence electrons. The maximum atomic E-state index is 5.86. The Balaban J connectivity index is 3.27. The molecule has 0 saturated heterocycles. The summed E-state index contributed by atoms with van der Waals surface area (Å²) in [5, 5.41) is 0.692. The highest BCUT2D eigenvalue weighted by molar-refractivity contribution is 6.32. The lowest BCUT2D eigenvalue weighted by molar-refractivity contribution is 1.20. The van der Waals surface area contributed by atoms with Crippen molar-refractivity contribution in [3.63, 3.8) is 0 Å². The number of halogens is 1. The van der Waals surface area contributed by atoms with Crippen LogP contribution in [0.25, 0.3) is 6.08 Å². The van der Waals surface area contributed by atoms with Gasteiger partial charge >= 0.3 is 0 Å². The van der Waals surface area contributed by atoms with Crippen LogP contribution in [0.5, 0.6) is 0 Å². The molecular formula is C8H8ClN. The molecule has 0 unspecified atom stereocenters. The normalized spacial score (nSPS) is 9.40. The van der Waals surface area contributed by atoms with Crippen molar-refractivity contribution in [2.24, 2.45) is 0 Å². The van der Waals surface area contributed by atoms with Crippen molar-refractivity contribution in [2.75, 3.05) is 0 Å². The van der Waals surface area contributed by atoms with Crippen molar-refractivity contribution >= 4 is 17.7 Å². The minimum atomic E-state index is 0.692. The Morgan fingerprint density at radius 3 is 2.90 bits per heavy atom. The van der Waals surface area contributed by atoms with E-state index in [1.54, 1.807) is 12.3 Å². The Hall–Kier alpha value is -0.820. The minimum absolute atomic E-state index is 0.692. The van der Waals surface area contributed by atoms with Crippen LogP contribution in [0.1, 0.15) is 11.3 Å². The fourth-order valence-electron chi connectivity index (χ4n) is 0.726. The van der Waals surface area contributed by atoms with Gasteiger partial charge in [0.1, 0.15) is 0 Å². The van der Waals surface area contributed by atoms with E-state index < -0.39 is 0 Å². The second-order valence-electron chi connectivity index (χ2n) is 2.00. The summed E-state index contributed by atoms with van der Waals surface area (Å²) in [5.74, 6) is 0. The summed E-state index contributed by atoms with van der Waals surface area (Å²) in [6.45, 7) is 5.49. The SMILES string of the molecule is C=Cc1ccnc(C)c1Cl. The van der Waals surface area contributed by atoms with Gasteiger partial charge in [0.05, 0.1) is 10.7 Å². The zero-order valence-corrected chi connectivity index (χ0v) is 6.52. The predicted octanol–water partition coefficient (Wildman–Crippen LogP) is 2.69. The van der Waals surface area contributed by atoms with Gasteiger partial charge in [-0.2, -0.15) is 0 Å². The number of pyridine rings is 1. The van der Waals surface area contributed by atoms with Crippen LogP contribution in [-0.4, -0.2) is 4.98 Å². The molecule has 10 heavy (non-hydrogen) atoms. The third-order valence-corrected chi connectivity index (χ3v) is 1.81. The molecule has 1 aromatic rings. The van der Waals surface area contributed by atoms with E-state index in [4.69, 9.17) is 11.6 Å². The standard InChI is InChI=1S/C8H8ClN/c1-3-7-4-5-10-6(2)8(7)9/h3-5H,1H2,2H3. The molecule has 0 bridgehead atoms. The van der Waals surface area contributed by atoms with Crippen LogP contribution < -0.4 is 0 Å². The fraction of sp³-hybridized carbons (Fsp3) is 0.125. The van der Waals surface area contributed by atoms with E-state index in [2.05, 4.69) is 11.6 Å². The van der Waals surface area contributed by atoms with Gasteiger partial charge in [-0.15, -0.1) is 0 Å². The molecule has 2 heteroatoms. The van der Waals surface area contributed by atoms with Crippen molar-refractivity contribution in [1.29, 1.82) is 0 Å². The largest absolute Gasteiger partial charge is 0.260 e. The quantitative estimate of drug-likeness (QED) is 0.605. The van der Waals surface area contributed by atoms with Gasteiger partial charge < -0.3 is 0 Å². The Morgan fingerprint density at radius 2 is 2.40 bits per heavy atom.